The van der Waals surface area contributed by atoms with Crippen LogP contribution in [0.4, 0.5) is 10.5 Å². The molecule has 1 aromatic carbocycles. The third kappa shape index (κ3) is 3.39. The highest BCUT2D eigenvalue weighted by atomic mass is 16.5. The average Bonchev–Trinajstić information content (AvgIpc) is 2.91. The fourth-order valence-corrected chi connectivity index (χ4v) is 1.96. The van der Waals surface area contributed by atoms with Gasteiger partial charge < -0.3 is 25.6 Å². The molecule has 1 fully saturated rings. The van der Waals surface area contributed by atoms with Gasteiger partial charge in [0.05, 0.1) is 12.3 Å². The minimum Gasteiger partial charge on any atom is -0.505 e. The van der Waals surface area contributed by atoms with Crippen molar-refractivity contribution < 1.29 is 24.5 Å². The van der Waals surface area contributed by atoms with E-state index in [9.17, 15) is 14.7 Å². The summed E-state index contributed by atoms with van der Waals surface area (Å²) in [5, 5.41) is 23.7. The van der Waals surface area contributed by atoms with Gasteiger partial charge in [0.1, 0.15) is 5.56 Å². The lowest BCUT2D eigenvalue weighted by Crippen LogP contribution is -2.33. The average molecular weight is 280 g/mol. The van der Waals surface area contributed by atoms with Gasteiger partial charge in [-0.15, -0.1) is 0 Å². The largest absolute Gasteiger partial charge is 0.505 e. The summed E-state index contributed by atoms with van der Waals surface area (Å²) < 4.78 is 5.19. The summed E-state index contributed by atoms with van der Waals surface area (Å²) >= 11 is 0. The Hall–Kier alpha value is -2.28. The van der Waals surface area contributed by atoms with Crippen LogP contribution in [0.25, 0.3) is 0 Å². The van der Waals surface area contributed by atoms with Crippen LogP contribution in [0.2, 0.25) is 0 Å². The summed E-state index contributed by atoms with van der Waals surface area (Å²) in [6.45, 7) is 1.81. The summed E-state index contributed by atoms with van der Waals surface area (Å²) in [7, 11) is 0. The van der Waals surface area contributed by atoms with Gasteiger partial charge in [0.2, 0.25) is 0 Å². The van der Waals surface area contributed by atoms with Crippen molar-refractivity contribution >= 4 is 17.7 Å². The van der Waals surface area contributed by atoms with Gasteiger partial charge in [-0.25, -0.2) is 9.59 Å². The molecule has 0 bridgehead atoms. The zero-order valence-corrected chi connectivity index (χ0v) is 10.8. The van der Waals surface area contributed by atoms with Crippen LogP contribution in [-0.4, -0.2) is 42.0 Å². The van der Waals surface area contributed by atoms with E-state index in [-0.39, 0.29) is 11.3 Å². The molecule has 0 aromatic heterocycles. The van der Waals surface area contributed by atoms with E-state index in [1.807, 2.05) is 0 Å². The number of aromatic hydroxyl groups is 1. The summed E-state index contributed by atoms with van der Waals surface area (Å²) in [5.74, 6) is -1.42. The van der Waals surface area contributed by atoms with Crippen LogP contribution >= 0.6 is 0 Å². The van der Waals surface area contributed by atoms with Gasteiger partial charge in [-0.1, -0.05) is 6.07 Å². The molecule has 0 radical (unpaired) electrons. The molecule has 4 N–H and O–H groups in total. The Bertz CT molecular complexity index is 511. The summed E-state index contributed by atoms with van der Waals surface area (Å²) in [6.07, 6.45) is 0.903. The van der Waals surface area contributed by atoms with Crippen molar-refractivity contribution in [2.24, 2.45) is 5.92 Å². The van der Waals surface area contributed by atoms with E-state index in [0.717, 1.165) is 6.42 Å². The maximum atomic E-state index is 11.7. The standard InChI is InChI=1S/C13H16N2O5/c16-11-9(12(17)18)2-1-3-10(11)15-13(19)14-6-8-4-5-20-7-8/h1-3,8,16H,4-7H2,(H,17,18)(H2,14,15,19). The molecule has 0 saturated carbocycles. The Morgan fingerprint density at radius 2 is 2.20 bits per heavy atom. The van der Waals surface area contributed by atoms with Gasteiger partial charge in [-0.2, -0.15) is 0 Å². The Morgan fingerprint density at radius 3 is 2.85 bits per heavy atom. The lowest BCUT2D eigenvalue weighted by Gasteiger charge is -2.12. The van der Waals surface area contributed by atoms with Crippen LogP contribution in [-0.2, 0) is 4.74 Å². The summed E-state index contributed by atoms with van der Waals surface area (Å²) in [5.41, 5.74) is -0.197. The van der Waals surface area contributed by atoms with Crippen molar-refractivity contribution in [3.8, 4) is 5.75 Å². The van der Waals surface area contributed by atoms with Crippen molar-refractivity contribution in [3.63, 3.8) is 0 Å². The Balaban J connectivity index is 1.93. The molecule has 7 nitrogen and oxygen atoms in total. The minimum atomic E-state index is -1.25. The number of hydrogen-bond acceptors (Lipinski definition) is 4. The fourth-order valence-electron chi connectivity index (χ4n) is 1.96. The van der Waals surface area contributed by atoms with Crippen LogP contribution in [0, 0.1) is 5.92 Å². The maximum Gasteiger partial charge on any atom is 0.339 e. The topological polar surface area (TPSA) is 108 Å². The second-order valence-electron chi connectivity index (χ2n) is 4.57. The molecule has 7 heteroatoms. The monoisotopic (exact) mass is 280 g/mol. The third-order valence-electron chi connectivity index (χ3n) is 3.09. The second-order valence-corrected chi connectivity index (χ2v) is 4.57. The first-order valence-electron chi connectivity index (χ1n) is 6.26. The van der Waals surface area contributed by atoms with E-state index in [4.69, 9.17) is 9.84 Å². The highest BCUT2D eigenvalue weighted by Gasteiger charge is 2.17. The quantitative estimate of drug-likeness (QED) is 0.621. The fraction of sp³-hybridized carbons (Fsp3) is 0.385. The third-order valence-corrected chi connectivity index (χ3v) is 3.09. The molecule has 20 heavy (non-hydrogen) atoms. The molecule has 2 amide bonds. The van der Waals surface area contributed by atoms with Gasteiger partial charge in [0.15, 0.2) is 5.75 Å². The maximum absolute atomic E-state index is 11.7. The Morgan fingerprint density at radius 1 is 1.40 bits per heavy atom. The molecular formula is C13H16N2O5. The molecule has 1 saturated heterocycles. The van der Waals surface area contributed by atoms with Gasteiger partial charge in [-0.05, 0) is 18.6 Å². The van der Waals surface area contributed by atoms with E-state index in [0.29, 0.717) is 25.7 Å². The van der Waals surface area contributed by atoms with Crippen molar-refractivity contribution in [2.45, 2.75) is 6.42 Å². The van der Waals surface area contributed by atoms with Crippen LogP contribution in [0.1, 0.15) is 16.8 Å². The molecule has 1 heterocycles. The van der Waals surface area contributed by atoms with Crippen molar-refractivity contribution in [3.05, 3.63) is 23.8 Å². The predicted molar refractivity (Wildman–Crippen MR) is 71.0 cm³/mol. The molecule has 1 unspecified atom stereocenters. The highest BCUT2D eigenvalue weighted by molar-refractivity contribution is 5.97. The zero-order chi connectivity index (χ0) is 14.5. The van der Waals surface area contributed by atoms with Crippen molar-refractivity contribution in [1.29, 1.82) is 0 Å². The predicted octanol–water partition coefficient (Wildman–Crippen LogP) is 1.25. The van der Waals surface area contributed by atoms with Crippen LogP contribution in [0.15, 0.2) is 18.2 Å². The molecule has 1 aromatic rings. The number of aromatic carboxylic acids is 1. The van der Waals surface area contributed by atoms with Crippen LogP contribution in [0.3, 0.4) is 0 Å². The smallest absolute Gasteiger partial charge is 0.339 e. The first kappa shape index (κ1) is 14.1. The zero-order valence-electron chi connectivity index (χ0n) is 10.8. The van der Waals surface area contributed by atoms with E-state index in [2.05, 4.69) is 10.6 Å². The number of carbonyl (C=O) groups excluding carboxylic acids is 1. The number of rotatable bonds is 4. The van der Waals surface area contributed by atoms with Gasteiger partial charge in [0.25, 0.3) is 0 Å². The van der Waals surface area contributed by atoms with Gasteiger partial charge >= 0.3 is 12.0 Å². The number of amides is 2. The number of carboxylic acid groups (broad SMARTS) is 1. The number of benzene rings is 1. The molecule has 0 aliphatic carbocycles. The molecule has 108 valence electrons. The Labute approximate surface area is 115 Å². The number of ether oxygens (including phenoxy) is 1. The summed E-state index contributed by atoms with van der Waals surface area (Å²) in [4.78, 5) is 22.5. The van der Waals surface area contributed by atoms with E-state index >= 15 is 0 Å². The molecule has 2 rings (SSSR count). The molecule has 1 aliphatic heterocycles. The first-order chi connectivity index (χ1) is 9.58. The van der Waals surface area contributed by atoms with Crippen LogP contribution < -0.4 is 10.6 Å². The Kier molecular flexibility index (Phi) is 4.41. The number of nitrogens with one attached hydrogen (secondary N) is 2. The minimum absolute atomic E-state index is 0.0603. The molecular weight excluding hydrogens is 264 g/mol. The SMILES string of the molecule is O=C(NCC1CCOC1)Nc1cccc(C(=O)O)c1O. The number of hydrogen-bond donors (Lipinski definition) is 4. The summed E-state index contributed by atoms with van der Waals surface area (Å²) in [6, 6.07) is 3.65. The first-order valence-corrected chi connectivity index (χ1v) is 6.26. The van der Waals surface area contributed by atoms with Gasteiger partial charge in [0, 0.05) is 19.1 Å². The van der Waals surface area contributed by atoms with Crippen molar-refractivity contribution in [2.75, 3.05) is 25.1 Å². The number of anilines is 1. The molecule has 1 aliphatic rings. The van der Waals surface area contributed by atoms with Crippen molar-refractivity contribution in [1.82, 2.24) is 5.32 Å². The molecule has 1 atom stereocenters. The van der Waals surface area contributed by atoms with E-state index in [1.54, 1.807) is 0 Å². The van der Waals surface area contributed by atoms with E-state index < -0.39 is 17.7 Å². The van der Waals surface area contributed by atoms with Gasteiger partial charge in [-0.3, -0.25) is 0 Å². The second kappa shape index (κ2) is 6.25. The highest BCUT2D eigenvalue weighted by Crippen LogP contribution is 2.27. The number of para-hydroxylation sites is 1. The molecule has 0 spiro atoms. The van der Waals surface area contributed by atoms with Crippen LogP contribution in [0.5, 0.6) is 5.75 Å². The lowest BCUT2D eigenvalue weighted by atomic mass is 10.1. The number of urea groups is 1. The number of carbonyl (C=O) groups is 2. The van der Waals surface area contributed by atoms with E-state index in [1.165, 1.54) is 18.2 Å². The number of carboxylic acids is 1. The number of phenols is 1. The normalized spacial score (nSPS) is 17.7. The lowest BCUT2D eigenvalue weighted by molar-refractivity contribution is 0.0693.